The summed E-state index contributed by atoms with van der Waals surface area (Å²) in [6, 6.07) is 9.62. The van der Waals surface area contributed by atoms with Crippen LogP contribution in [-0.2, 0) is 0 Å². The van der Waals surface area contributed by atoms with Crippen LogP contribution in [0.5, 0.6) is 0 Å². The van der Waals surface area contributed by atoms with E-state index in [1.807, 2.05) is 25.1 Å². The molecule has 0 atom stereocenters. The van der Waals surface area contributed by atoms with Gasteiger partial charge in [0, 0.05) is 32.2 Å². The molecular weight excluding hydrogens is 396 g/mol. The van der Waals surface area contributed by atoms with Crippen LogP contribution >= 0.6 is 0 Å². The maximum Gasteiger partial charge on any atom is 0.293 e. The average Bonchev–Trinajstić information content (AvgIpc) is 3.38. The zero-order valence-electron chi connectivity index (χ0n) is 18.2. The minimum atomic E-state index is -0.230. The van der Waals surface area contributed by atoms with E-state index in [0.717, 1.165) is 11.3 Å². The summed E-state index contributed by atoms with van der Waals surface area (Å²) in [4.78, 5) is 33.3. The number of para-hydroxylation sites is 1. The Labute approximate surface area is 180 Å². The number of carbonyl (C=O) groups excluding carboxylic acids is 2. The molecule has 1 saturated heterocycles. The van der Waals surface area contributed by atoms with Crippen LogP contribution in [0, 0.1) is 13.8 Å². The van der Waals surface area contributed by atoms with E-state index >= 15 is 0 Å². The van der Waals surface area contributed by atoms with E-state index in [0.29, 0.717) is 43.6 Å². The van der Waals surface area contributed by atoms with E-state index in [9.17, 15) is 9.59 Å². The molecule has 2 aromatic heterocycles. The van der Waals surface area contributed by atoms with Gasteiger partial charge in [-0.15, -0.1) is 5.10 Å². The second-order valence-electron chi connectivity index (χ2n) is 8.02. The molecule has 0 unspecified atom stereocenters. The lowest BCUT2D eigenvalue weighted by atomic mass is 10.0. The lowest BCUT2D eigenvalue weighted by molar-refractivity contribution is 0.0507. The second-order valence-corrected chi connectivity index (χ2v) is 8.02. The fourth-order valence-electron chi connectivity index (χ4n) is 3.75. The number of rotatable bonds is 4. The Morgan fingerprint density at radius 3 is 2.26 bits per heavy atom. The van der Waals surface area contributed by atoms with Crippen molar-refractivity contribution in [2.75, 3.05) is 26.2 Å². The van der Waals surface area contributed by atoms with Gasteiger partial charge in [0.1, 0.15) is 5.82 Å². The maximum atomic E-state index is 13.0. The fraction of sp³-hybridized carbons (Fsp3) is 0.409. The quantitative estimate of drug-likeness (QED) is 0.641. The number of hydrogen-bond acceptors (Lipinski definition) is 6. The van der Waals surface area contributed by atoms with Gasteiger partial charge in [0.05, 0.1) is 11.4 Å². The molecule has 1 aromatic carbocycles. The summed E-state index contributed by atoms with van der Waals surface area (Å²) in [6.45, 7) is 9.51. The van der Waals surface area contributed by atoms with Crippen molar-refractivity contribution in [2.45, 2.75) is 33.6 Å². The van der Waals surface area contributed by atoms with Crippen LogP contribution in [0.25, 0.3) is 5.69 Å². The number of nitrogens with zero attached hydrogens (tertiary/aromatic N) is 6. The predicted octanol–water partition coefficient (Wildman–Crippen LogP) is 2.59. The summed E-state index contributed by atoms with van der Waals surface area (Å²) in [7, 11) is 0. The molecule has 0 bridgehead atoms. The first kappa shape index (κ1) is 20.8. The molecule has 1 aliphatic heterocycles. The van der Waals surface area contributed by atoms with Gasteiger partial charge in [-0.25, -0.2) is 9.67 Å². The molecule has 0 N–H and O–H groups in total. The minimum Gasteiger partial charge on any atom is -0.351 e. The highest BCUT2D eigenvalue weighted by molar-refractivity contribution is 5.93. The monoisotopic (exact) mass is 422 g/mol. The lowest BCUT2D eigenvalue weighted by Crippen LogP contribution is -2.50. The van der Waals surface area contributed by atoms with Crippen LogP contribution in [0.4, 0.5) is 0 Å². The Kier molecular flexibility index (Phi) is 5.58. The van der Waals surface area contributed by atoms with Crippen LogP contribution in [0.1, 0.15) is 58.0 Å². The highest BCUT2D eigenvalue weighted by atomic mass is 16.5. The molecule has 162 valence electrons. The molecule has 2 amide bonds. The Hall–Kier alpha value is -3.49. The molecule has 9 nitrogen and oxygen atoms in total. The molecule has 1 aliphatic rings. The number of aromatic nitrogens is 4. The first-order valence-corrected chi connectivity index (χ1v) is 10.4. The van der Waals surface area contributed by atoms with Gasteiger partial charge in [-0.05, 0) is 31.4 Å². The zero-order valence-corrected chi connectivity index (χ0v) is 18.2. The van der Waals surface area contributed by atoms with Gasteiger partial charge in [0.15, 0.2) is 0 Å². The topological polar surface area (TPSA) is 97.4 Å². The Morgan fingerprint density at radius 1 is 1.00 bits per heavy atom. The van der Waals surface area contributed by atoms with E-state index < -0.39 is 0 Å². The summed E-state index contributed by atoms with van der Waals surface area (Å²) in [6.07, 6.45) is 0. The minimum absolute atomic E-state index is 0.168. The smallest absolute Gasteiger partial charge is 0.293 e. The average molecular weight is 422 g/mol. The van der Waals surface area contributed by atoms with Gasteiger partial charge < -0.3 is 14.3 Å². The predicted molar refractivity (Wildman–Crippen MR) is 113 cm³/mol. The molecule has 3 aromatic rings. The highest BCUT2D eigenvalue weighted by Crippen LogP contribution is 2.23. The van der Waals surface area contributed by atoms with Crippen LogP contribution in [0.2, 0.25) is 0 Å². The first-order valence-electron chi connectivity index (χ1n) is 10.4. The first-order chi connectivity index (χ1) is 14.8. The van der Waals surface area contributed by atoms with Crippen molar-refractivity contribution >= 4 is 11.8 Å². The number of amides is 2. The summed E-state index contributed by atoms with van der Waals surface area (Å²) in [5, 5.41) is 8.28. The van der Waals surface area contributed by atoms with E-state index in [1.54, 1.807) is 27.5 Å². The number of aryl methyl sites for hydroxylation is 2. The van der Waals surface area contributed by atoms with E-state index in [1.165, 1.54) is 0 Å². The van der Waals surface area contributed by atoms with Gasteiger partial charge in [-0.1, -0.05) is 37.2 Å². The molecule has 4 rings (SSSR count). The summed E-state index contributed by atoms with van der Waals surface area (Å²) < 4.78 is 6.79. The fourth-order valence-corrected chi connectivity index (χ4v) is 3.75. The van der Waals surface area contributed by atoms with Gasteiger partial charge in [0.25, 0.3) is 11.8 Å². The number of hydrogen-bond donors (Lipinski definition) is 0. The molecule has 0 radical (unpaired) electrons. The van der Waals surface area contributed by atoms with E-state index in [2.05, 4.69) is 35.2 Å². The van der Waals surface area contributed by atoms with Crippen LogP contribution in [-0.4, -0.2) is 67.7 Å². The van der Waals surface area contributed by atoms with Crippen molar-refractivity contribution in [2.24, 2.45) is 0 Å². The van der Waals surface area contributed by atoms with Gasteiger partial charge >= 0.3 is 0 Å². The Morgan fingerprint density at radius 2 is 1.65 bits per heavy atom. The van der Waals surface area contributed by atoms with Crippen molar-refractivity contribution in [3.05, 3.63) is 59.0 Å². The molecule has 0 saturated carbocycles. The molecule has 9 heteroatoms. The molecule has 3 heterocycles. The molecule has 1 fully saturated rings. The standard InChI is InChI=1S/C22H26N6O3/c1-14(2)17-7-5-6-8-18(17)28-16(4)23-20(24-28)22(30)27-11-9-26(10-12-27)21(29)19-13-15(3)25-31-19/h5-8,13-14H,9-12H2,1-4H3. The van der Waals surface area contributed by atoms with E-state index in [-0.39, 0.29) is 23.4 Å². The largest absolute Gasteiger partial charge is 0.351 e. The van der Waals surface area contributed by atoms with Gasteiger partial charge in [0.2, 0.25) is 11.6 Å². The highest BCUT2D eigenvalue weighted by Gasteiger charge is 2.29. The number of benzene rings is 1. The van der Waals surface area contributed by atoms with Gasteiger partial charge in [-0.2, -0.15) is 0 Å². The Bertz CT molecular complexity index is 1110. The summed E-state index contributed by atoms with van der Waals surface area (Å²) in [5.74, 6) is 0.921. The van der Waals surface area contributed by atoms with Crippen LogP contribution in [0.3, 0.4) is 0 Å². The number of carbonyl (C=O) groups is 2. The van der Waals surface area contributed by atoms with Gasteiger partial charge in [-0.3, -0.25) is 9.59 Å². The normalized spacial score (nSPS) is 14.4. The molecule has 0 spiro atoms. The maximum absolute atomic E-state index is 13.0. The second kappa shape index (κ2) is 8.33. The molecular formula is C22H26N6O3. The summed E-state index contributed by atoms with van der Waals surface area (Å²) >= 11 is 0. The van der Waals surface area contributed by atoms with Crippen LogP contribution in [0.15, 0.2) is 34.9 Å². The lowest BCUT2D eigenvalue weighted by Gasteiger charge is -2.33. The molecule has 31 heavy (non-hydrogen) atoms. The SMILES string of the molecule is Cc1cc(C(=O)N2CCN(C(=O)c3nc(C)n(-c4ccccc4C(C)C)n3)CC2)on1. The van der Waals surface area contributed by atoms with Crippen LogP contribution < -0.4 is 0 Å². The zero-order chi connectivity index (χ0) is 22.1. The summed E-state index contributed by atoms with van der Waals surface area (Å²) in [5.41, 5.74) is 2.73. The van der Waals surface area contributed by atoms with Crippen molar-refractivity contribution in [1.29, 1.82) is 0 Å². The van der Waals surface area contributed by atoms with Crippen molar-refractivity contribution in [1.82, 2.24) is 29.7 Å². The Balaban J connectivity index is 1.47. The third kappa shape index (κ3) is 4.08. The number of piperazine rings is 1. The molecule has 0 aliphatic carbocycles. The van der Waals surface area contributed by atoms with E-state index in [4.69, 9.17) is 4.52 Å². The van der Waals surface area contributed by atoms with Crippen molar-refractivity contribution in [3.8, 4) is 5.69 Å². The third-order valence-corrected chi connectivity index (χ3v) is 5.44. The van der Waals surface area contributed by atoms with Crippen molar-refractivity contribution in [3.63, 3.8) is 0 Å². The third-order valence-electron chi connectivity index (χ3n) is 5.44. The van der Waals surface area contributed by atoms with Crippen molar-refractivity contribution < 1.29 is 14.1 Å².